The lowest BCUT2D eigenvalue weighted by molar-refractivity contribution is 0.196. The van der Waals surface area contributed by atoms with Crippen molar-refractivity contribution in [1.82, 2.24) is 15.2 Å². The molecule has 4 aromatic rings. The molecule has 0 spiro atoms. The van der Waals surface area contributed by atoms with Crippen molar-refractivity contribution >= 4 is 33.4 Å². The Labute approximate surface area is 192 Å². The van der Waals surface area contributed by atoms with Crippen LogP contribution in [0.2, 0.25) is 0 Å². The largest absolute Gasteiger partial charge is 0.455 e. The Morgan fingerprint density at radius 2 is 1.87 bits per heavy atom. The first-order valence-electron chi connectivity index (χ1n) is 9.97. The maximum absolute atomic E-state index is 6.20. The van der Waals surface area contributed by atoms with E-state index in [4.69, 9.17) is 14.1 Å². The molecule has 5 rings (SSSR count). The molecule has 156 valence electrons. The fourth-order valence-electron chi connectivity index (χ4n) is 3.30. The average molecular weight is 495 g/mol. The van der Waals surface area contributed by atoms with Crippen LogP contribution in [0.1, 0.15) is 25.3 Å². The predicted octanol–water partition coefficient (Wildman–Crippen LogP) is 6.57. The van der Waals surface area contributed by atoms with Crippen LogP contribution >= 0.6 is 27.7 Å². The average Bonchev–Trinajstić information content (AvgIpc) is 3.22. The van der Waals surface area contributed by atoms with Crippen LogP contribution in [0.3, 0.4) is 0 Å². The summed E-state index contributed by atoms with van der Waals surface area (Å²) in [6.45, 7) is 2.13. The first-order chi connectivity index (χ1) is 15.2. The number of ether oxygens (including phenoxy) is 1. The monoisotopic (exact) mass is 494 g/mol. The second-order valence-corrected chi connectivity index (χ2v) is 8.97. The number of para-hydroxylation sites is 1. The number of thioether (sulfide) groups is 1. The molecular weight excluding hydrogens is 476 g/mol. The number of fused-ring (bicyclic) bond motifs is 3. The molecule has 0 amide bonds. The molecular formula is C23H19BrN4O2S. The van der Waals surface area contributed by atoms with Crippen molar-refractivity contribution in [3.8, 4) is 28.5 Å². The molecule has 8 heteroatoms. The molecule has 0 bridgehead atoms. The molecule has 31 heavy (non-hydrogen) atoms. The smallest absolute Gasteiger partial charge is 0.262 e. The summed E-state index contributed by atoms with van der Waals surface area (Å²) in [5.74, 6) is 2.73. The van der Waals surface area contributed by atoms with Crippen molar-refractivity contribution in [2.75, 3.05) is 11.1 Å². The van der Waals surface area contributed by atoms with E-state index in [9.17, 15) is 0 Å². The predicted molar refractivity (Wildman–Crippen MR) is 125 cm³/mol. The van der Waals surface area contributed by atoms with Crippen LogP contribution in [0, 0.1) is 0 Å². The summed E-state index contributed by atoms with van der Waals surface area (Å²) in [4.78, 5) is 4.73. The van der Waals surface area contributed by atoms with Gasteiger partial charge in [-0.2, -0.15) is 0 Å². The molecule has 1 aliphatic heterocycles. The van der Waals surface area contributed by atoms with Gasteiger partial charge in [0.1, 0.15) is 11.5 Å². The number of hydrogen-bond donors (Lipinski definition) is 1. The minimum Gasteiger partial charge on any atom is -0.455 e. The van der Waals surface area contributed by atoms with Crippen LogP contribution < -0.4 is 10.1 Å². The molecule has 0 radical (unpaired) electrons. The Bertz CT molecular complexity index is 1210. The summed E-state index contributed by atoms with van der Waals surface area (Å²) in [6.07, 6.45) is 0.484. The summed E-state index contributed by atoms with van der Waals surface area (Å²) in [5, 5.41) is 12.7. The molecule has 0 aliphatic carbocycles. The second-order valence-electron chi connectivity index (χ2n) is 6.99. The number of furan rings is 1. The molecule has 2 aromatic carbocycles. The molecule has 1 atom stereocenters. The Morgan fingerprint density at radius 1 is 1.03 bits per heavy atom. The lowest BCUT2D eigenvalue weighted by Gasteiger charge is -2.16. The third kappa shape index (κ3) is 4.18. The summed E-state index contributed by atoms with van der Waals surface area (Å²) in [5.41, 5.74) is 3.49. The highest BCUT2D eigenvalue weighted by molar-refractivity contribution is 9.10. The van der Waals surface area contributed by atoms with Gasteiger partial charge in [0.05, 0.1) is 0 Å². The van der Waals surface area contributed by atoms with Gasteiger partial charge in [0, 0.05) is 27.0 Å². The van der Waals surface area contributed by atoms with E-state index in [1.807, 2.05) is 60.7 Å². The van der Waals surface area contributed by atoms with Gasteiger partial charge in [0.25, 0.3) is 5.88 Å². The van der Waals surface area contributed by atoms with E-state index in [0.29, 0.717) is 22.5 Å². The fourth-order valence-corrected chi connectivity index (χ4v) is 4.21. The highest BCUT2D eigenvalue weighted by Crippen LogP contribution is 2.40. The van der Waals surface area contributed by atoms with Gasteiger partial charge in [-0.25, -0.2) is 4.98 Å². The maximum Gasteiger partial charge on any atom is 0.262 e. The fraction of sp³-hybridized carbons (Fsp3) is 0.174. The van der Waals surface area contributed by atoms with E-state index in [0.717, 1.165) is 39.2 Å². The van der Waals surface area contributed by atoms with Crippen LogP contribution in [-0.2, 0) is 0 Å². The van der Waals surface area contributed by atoms with E-state index in [2.05, 4.69) is 38.4 Å². The van der Waals surface area contributed by atoms with Gasteiger partial charge >= 0.3 is 0 Å². The Balaban J connectivity index is 1.51. The summed E-state index contributed by atoms with van der Waals surface area (Å²) in [6, 6.07) is 19.8. The minimum atomic E-state index is -0.558. The zero-order chi connectivity index (χ0) is 21.2. The standard InChI is InChI=1S/C23H19BrN4O2S/c1-2-13-31-23-26-20-16-5-3-4-6-17(16)25-21(30-22(20)27-28-23)19-12-11-18(29-19)14-7-9-15(24)10-8-14/h3-12,21,25H,2,13H2,1H3/t21-/m0/s1. The van der Waals surface area contributed by atoms with Gasteiger partial charge < -0.3 is 14.5 Å². The van der Waals surface area contributed by atoms with Crippen molar-refractivity contribution in [2.45, 2.75) is 24.7 Å². The lowest BCUT2D eigenvalue weighted by atomic mass is 10.1. The first-order valence-corrected chi connectivity index (χ1v) is 11.7. The highest BCUT2D eigenvalue weighted by atomic mass is 79.9. The van der Waals surface area contributed by atoms with Crippen molar-refractivity contribution in [3.63, 3.8) is 0 Å². The van der Waals surface area contributed by atoms with Crippen molar-refractivity contribution in [3.05, 3.63) is 70.9 Å². The van der Waals surface area contributed by atoms with E-state index in [1.54, 1.807) is 11.8 Å². The topological polar surface area (TPSA) is 73.1 Å². The molecule has 0 saturated carbocycles. The normalized spacial score (nSPS) is 14.7. The number of halogens is 1. The van der Waals surface area contributed by atoms with Gasteiger partial charge in [-0.15, -0.1) is 10.2 Å². The highest BCUT2D eigenvalue weighted by Gasteiger charge is 2.28. The van der Waals surface area contributed by atoms with Gasteiger partial charge in [0.2, 0.25) is 11.4 Å². The number of aromatic nitrogens is 3. The number of rotatable bonds is 5. The van der Waals surface area contributed by atoms with Crippen LogP contribution in [0.15, 0.2) is 74.7 Å². The van der Waals surface area contributed by atoms with Gasteiger partial charge in [-0.05, 0) is 36.8 Å². The molecule has 0 fully saturated rings. The molecule has 6 nitrogen and oxygen atoms in total. The van der Waals surface area contributed by atoms with Gasteiger partial charge in [-0.1, -0.05) is 64.9 Å². The number of anilines is 1. The Hall–Kier alpha value is -2.84. The van der Waals surface area contributed by atoms with Crippen LogP contribution in [0.5, 0.6) is 5.88 Å². The number of nitrogens with zero attached hydrogens (tertiary/aromatic N) is 3. The van der Waals surface area contributed by atoms with Crippen LogP contribution in [0.4, 0.5) is 5.69 Å². The molecule has 2 aromatic heterocycles. The summed E-state index contributed by atoms with van der Waals surface area (Å²) >= 11 is 5.05. The van der Waals surface area contributed by atoms with Crippen LogP contribution in [0.25, 0.3) is 22.6 Å². The van der Waals surface area contributed by atoms with Gasteiger partial charge in [0.15, 0.2) is 5.76 Å². The van der Waals surface area contributed by atoms with E-state index < -0.39 is 6.23 Å². The SMILES string of the molecule is CCCSc1nnc2c(n1)-c1ccccc1N[C@H](c1ccc(-c3ccc(Br)cc3)o1)O2. The molecule has 1 N–H and O–H groups in total. The zero-order valence-corrected chi connectivity index (χ0v) is 19.1. The second kappa shape index (κ2) is 8.72. The number of benzene rings is 2. The summed E-state index contributed by atoms with van der Waals surface area (Å²) in [7, 11) is 0. The van der Waals surface area contributed by atoms with Crippen molar-refractivity contribution in [2.24, 2.45) is 0 Å². The molecule has 1 aliphatic rings. The third-order valence-corrected chi connectivity index (χ3v) is 6.36. The molecule has 0 saturated heterocycles. The maximum atomic E-state index is 6.20. The van der Waals surface area contributed by atoms with Crippen molar-refractivity contribution in [1.29, 1.82) is 0 Å². The summed E-state index contributed by atoms with van der Waals surface area (Å²) < 4.78 is 13.4. The zero-order valence-electron chi connectivity index (χ0n) is 16.7. The van der Waals surface area contributed by atoms with E-state index in [1.165, 1.54) is 0 Å². The first kappa shape index (κ1) is 20.1. The lowest BCUT2D eigenvalue weighted by Crippen LogP contribution is -2.16. The van der Waals surface area contributed by atoms with E-state index >= 15 is 0 Å². The van der Waals surface area contributed by atoms with Crippen LogP contribution in [-0.4, -0.2) is 20.9 Å². The Kier molecular flexibility index (Phi) is 5.65. The number of nitrogens with one attached hydrogen (secondary N) is 1. The minimum absolute atomic E-state index is 0.380. The Morgan fingerprint density at radius 3 is 2.71 bits per heavy atom. The molecule has 3 heterocycles. The number of hydrogen-bond acceptors (Lipinski definition) is 7. The van der Waals surface area contributed by atoms with E-state index in [-0.39, 0.29) is 0 Å². The quantitative estimate of drug-likeness (QED) is 0.314. The molecule has 0 unspecified atom stereocenters. The van der Waals surface area contributed by atoms with Crippen molar-refractivity contribution < 1.29 is 9.15 Å². The third-order valence-electron chi connectivity index (χ3n) is 4.78. The van der Waals surface area contributed by atoms with Gasteiger partial charge in [-0.3, -0.25) is 0 Å².